The van der Waals surface area contributed by atoms with Crippen molar-refractivity contribution in [3.63, 3.8) is 0 Å². The summed E-state index contributed by atoms with van der Waals surface area (Å²) in [7, 11) is 0. The fourth-order valence-electron chi connectivity index (χ4n) is 3.53. The van der Waals surface area contributed by atoms with Gasteiger partial charge in [0.05, 0.1) is 30.7 Å². The Morgan fingerprint density at radius 2 is 2.08 bits per heavy atom. The zero-order chi connectivity index (χ0) is 18.0. The summed E-state index contributed by atoms with van der Waals surface area (Å²) in [5.74, 6) is -2.01. The van der Waals surface area contributed by atoms with Crippen molar-refractivity contribution in [3.05, 3.63) is 30.1 Å². The van der Waals surface area contributed by atoms with Gasteiger partial charge >= 0.3 is 5.97 Å². The Labute approximate surface area is 145 Å². The van der Waals surface area contributed by atoms with E-state index in [-0.39, 0.29) is 24.0 Å². The summed E-state index contributed by atoms with van der Waals surface area (Å²) >= 11 is 0. The van der Waals surface area contributed by atoms with E-state index in [1.54, 1.807) is 13.0 Å². The molecule has 6 nitrogen and oxygen atoms in total. The van der Waals surface area contributed by atoms with E-state index >= 15 is 0 Å². The standard InChI is InChI=1S/C18H21FN2O4/c1-2-25-18(24)12-6-5-9-20(11-12)15-10-16(22)21(17(15)23)14-8-4-3-7-13(14)19/h3-4,7-8,12,15H,2,5-6,9-11H2,1H3/t12-,15+/m1/s1. The van der Waals surface area contributed by atoms with Gasteiger partial charge in [-0.15, -0.1) is 0 Å². The Morgan fingerprint density at radius 3 is 2.80 bits per heavy atom. The van der Waals surface area contributed by atoms with Gasteiger partial charge in [0, 0.05) is 6.54 Å². The average molecular weight is 348 g/mol. The van der Waals surface area contributed by atoms with Gasteiger partial charge in [-0.1, -0.05) is 12.1 Å². The number of piperidine rings is 1. The molecule has 0 N–H and O–H groups in total. The zero-order valence-corrected chi connectivity index (χ0v) is 14.1. The molecule has 0 radical (unpaired) electrons. The lowest BCUT2D eigenvalue weighted by Gasteiger charge is -2.34. The first-order valence-electron chi connectivity index (χ1n) is 8.55. The quantitative estimate of drug-likeness (QED) is 0.612. The van der Waals surface area contributed by atoms with Crippen LogP contribution in [0.5, 0.6) is 0 Å². The summed E-state index contributed by atoms with van der Waals surface area (Å²) in [5.41, 5.74) is -0.0149. The molecule has 0 unspecified atom stereocenters. The lowest BCUT2D eigenvalue weighted by atomic mass is 9.96. The van der Waals surface area contributed by atoms with Crippen LogP contribution in [0, 0.1) is 11.7 Å². The third kappa shape index (κ3) is 3.42. The van der Waals surface area contributed by atoms with Crippen LogP contribution in [-0.4, -0.2) is 48.4 Å². The summed E-state index contributed by atoms with van der Waals surface area (Å²) < 4.78 is 19.1. The Kier molecular flexibility index (Phi) is 5.13. The topological polar surface area (TPSA) is 66.9 Å². The van der Waals surface area contributed by atoms with Crippen LogP contribution in [0.25, 0.3) is 0 Å². The number of nitrogens with zero attached hydrogens (tertiary/aromatic N) is 2. The number of rotatable bonds is 4. The predicted molar refractivity (Wildman–Crippen MR) is 88.2 cm³/mol. The Hall–Kier alpha value is -2.28. The van der Waals surface area contributed by atoms with Crippen LogP contribution in [0.4, 0.5) is 10.1 Å². The van der Waals surface area contributed by atoms with Crippen molar-refractivity contribution in [2.75, 3.05) is 24.6 Å². The number of carbonyl (C=O) groups is 3. The van der Waals surface area contributed by atoms with Crippen LogP contribution in [-0.2, 0) is 19.1 Å². The molecule has 2 heterocycles. The smallest absolute Gasteiger partial charge is 0.310 e. The molecule has 2 aliphatic rings. The first-order valence-corrected chi connectivity index (χ1v) is 8.55. The van der Waals surface area contributed by atoms with Crippen molar-refractivity contribution in [1.29, 1.82) is 0 Å². The van der Waals surface area contributed by atoms with Crippen LogP contribution in [0.3, 0.4) is 0 Å². The third-order valence-electron chi connectivity index (χ3n) is 4.73. The van der Waals surface area contributed by atoms with E-state index in [9.17, 15) is 18.8 Å². The molecule has 2 amide bonds. The molecular formula is C18H21FN2O4. The molecule has 2 aliphatic heterocycles. The molecule has 134 valence electrons. The van der Waals surface area contributed by atoms with E-state index in [2.05, 4.69) is 0 Å². The van der Waals surface area contributed by atoms with E-state index in [0.29, 0.717) is 26.1 Å². The molecule has 7 heteroatoms. The highest BCUT2D eigenvalue weighted by molar-refractivity contribution is 6.22. The Balaban J connectivity index is 1.76. The molecule has 25 heavy (non-hydrogen) atoms. The number of carbonyl (C=O) groups excluding carboxylic acids is 3. The van der Waals surface area contributed by atoms with E-state index in [4.69, 9.17) is 4.74 Å². The van der Waals surface area contributed by atoms with Gasteiger partial charge in [-0.05, 0) is 38.4 Å². The summed E-state index contributed by atoms with van der Waals surface area (Å²) in [5, 5.41) is 0. The maximum Gasteiger partial charge on any atom is 0.310 e. The largest absolute Gasteiger partial charge is 0.466 e. The summed E-state index contributed by atoms with van der Waals surface area (Å²) in [4.78, 5) is 39.8. The SMILES string of the molecule is CCOC(=O)[C@@H]1CCCN([C@H]2CC(=O)N(c3ccccc3F)C2=O)C1. The van der Waals surface area contributed by atoms with Gasteiger partial charge in [0.25, 0.3) is 5.91 Å². The minimum atomic E-state index is -0.649. The average Bonchev–Trinajstić information content (AvgIpc) is 2.90. The molecule has 0 aromatic heterocycles. The van der Waals surface area contributed by atoms with Gasteiger partial charge in [-0.2, -0.15) is 0 Å². The summed E-state index contributed by atoms with van der Waals surface area (Å²) in [6.45, 7) is 3.08. The fraction of sp³-hybridized carbons (Fsp3) is 0.500. The number of esters is 1. The fourth-order valence-corrected chi connectivity index (χ4v) is 3.53. The van der Waals surface area contributed by atoms with Gasteiger partial charge in [0.2, 0.25) is 5.91 Å². The van der Waals surface area contributed by atoms with Gasteiger partial charge < -0.3 is 4.74 Å². The van der Waals surface area contributed by atoms with Crippen LogP contribution in [0.15, 0.2) is 24.3 Å². The molecule has 1 aromatic carbocycles. The van der Waals surface area contributed by atoms with Crippen molar-refractivity contribution >= 4 is 23.5 Å². The maximum absolute atomic E-state index is 14.0. The number of likely N-dealkylation sites (tertiary alicyclic amines) is 1. The molecule has 2 fully saturated rings. The van der Waals surface area contributed by atoms with Crippen molar-refractivity contribution in [3.8, 4) is 0 Å². The zero-order valence-electron chi connectivity index (χ0n) is 14.1. The number of ether oxygens (including phenoxy) is 1. The minimum absolute atomic E-state index is 0.00269. The van der Waals surface area contributed by atoms with E-state index in [1.165, 1.54) is 18.2 Å². The molecule has 0 spiro atoms. The summed E-state index contributed by atoms with van der Waals surface area (Å²) in [6.07, 6.45) is 1.46. The predicted octanol–water partition coefficient (Wildman–Crippen LogP) is 1.73. The lowest BCUT2D eigenvalue weighted by molar-refractivity contribution is -0.150. The van der Waals surface area contributed by atoms with Gasteiger partial charge in [0.15, 0.2) is 0 Å². The number of hydrogen-bond acceptors (Lipinski definition) is 5. The van der Waals surface area contributed by atoms with Crippen molar-refractivity contribution in [2.24, 2.45) is 5.92 Å². The molecule has 0 aliphatic carbocycles. The minimum Gasteiger partial charge on any atom is -0.466 e. The van der Waals surface area contributed by atoms with Crippen LogP contribution >= 0.6 is 0 Å². The first-order chi connectivity index (χ1) is 12.0. The van der Waals surface area contributed by atoms with Crippen molar-refractivity contribution < 1.29 is 23.5 Å². The highest BCUT2D eigenvalue weighted by Gasteiger charge is 2.45. The Bertz CT molecular complexity index is 693. The molecule has 2 atom stereocenters. The molecular weight excluding hydrogens is 327 g/mol. The molecule has 0 saturated carbocycles. The second kappa shape index (κ2) is 7.31. The third-order valence-corrected chi connectivity index (χ3v) is 4.73. The maximum atomic E-state index is 14.0. The number of benzene rings is 1. The van der Waals surface area contributed by atoms with E-state index < -0.39 is 23.7 Å². The number of anilines is 1. The van der Waals surface area contributed by atoms with Crippen LogP contribution in [0.2, 0.25) is 0 Å². The molecule has 2 saturated heterocycles. The second-order valence-electron chi connectivity index (χ2n) is 6.32. The van der Waals surface area contributed by atoms with Crippen LogP contribution < -0.4 is 4.90 Å². The highest BCUT2D eigenvalue weighted by atomic mass is 19.1. The number of imide groups is 1. The number of para-hydroxylation sites is 1. The second-order valence-corrected chi connectivity index (χ2v) is 6.32. The van der Waals surface area contributed by atoms with Gasteiger partial charge in [-0.3, -0.25) is 19.3 Å². The number of hydrogen-bond donors (Lipinski definition) is 0. The first kappa shape index (κ1) is 17.5. The van der Waals surface area contributed by atoms with Crippen molar-refractivity contribution in [2.45, 2.75) is 32.2 Å². The monoisotopic (exact) mass is 348 g/mol. The van der Waals surface area contributed by atoms with Crippen LogP contribution in [0.1, 0.15) is 26.2 Å². The molecule has 1 aromatic rings. The Morgan fingerprint density at radius 1 is 1.32 bits per heavy atom. The number of halogens is 1. The van der Waals surface area contributed by atoms with E-state index in [0.717, 1.165) is 11.3 Å². The summed E-state index contributed by atoms with van der Waals surface area (Å²) in [6, 6.07) is 5.09. The normalized spacial score (nSPS) is 24.6. The highest BCUT2D eigenvalue weighted by Crippen LogP contribution is 2.30. The van der Waals surface area contributed by atoms with Crippen molar-refractivity contribution in [1.82, 2.24) is 4.90 Å². The van der Waals surface area contributed by atoms with Gasteiger partial charge in [-0.25, -0.2) is 9.29 Å². The lowest BCUT2D eigenvalue weighted by Crippen LogP contribution is -2.48. The molecule has 3 rings (SSSR count). The van der Waals surface area contributed by atoms with Gasteiger partial charge in [0.1, 0.15) is 5.82 Å². The number of amides is 2. The molecule has 0 bridgehead atoms. The van der Waals surface area contributed by atoms with E-state index in [1.807, 2.05) is 4.90 Å².